The van der Waals surface area contributed by atoms with E-state index in [1.807, 2.05) is 6.92 Å². The highest BCUT2D eigenvalue weighted by Crippen LogP contribution is 2.29. The fraction of sp³-hybridized carbons (Fsp3) is 0.576. The Morgan fingerprint density at radius 1 is 0.975 bits per heavy atom. The lowest BCUT2D eigenvalue weighted by molar-refractivity contribution is -0.129. The van der Waals surface area contributed by atoms with Crippen LogP contribution in [-0.2, 0) is 17.8 Å². The Morgan fingerprint density at radius 3 is 2.35 bits per heavy atom. The van der Waals surface area contributed by atoms with Crippen LogP contribution in [0.5, 0.6) is 5.75 Å². The quantitative estimate of drug-likeness (QED) is 0.243. The first-order valence-electron chi connectivity index (χ1n) is 15.1. The second-order valence-electron chi connectivity index (χ2n) is 11.0. The number of ketones is 1. The maximum atomic E-state index is 14.4. The Morgan fingerprint density at radius 2 is 1.70 bits per heavy atom. The molecule has 0 atom stereocenters. The number of hydrogen-bond donors (Lipinski definition) is 1. The van der Waals surface area contributed by atoms with Crippen LogP contribution in [0.2, 0.25) is 0 Å². The van der Waals surface area contributed by atoms with E-state index in [9.17, 15) is 14.0 Å². The van der Waals surface area contributed by atoms with E-state index in [2.05, 4.69) is 41.4 Å². The average Bonchev–Trinajstić information content (AvgIpc) is 2.95. The Labute approximate surface area is 240 Å². The van der Waals surface area contributed by atoms with Crippen LogP contribution in [0.3, 0.4) is 0 Å². The van der Waals surface area contributed by atoms with Gasteiger partial charge in [0.05, 0.1) is 17.9 Å². The standard InChI is InChI=1S/C18H25FN2O3.C15H23N/c1-4-9-24-18-11-16(19)17(10-15(18)12(2)22)20-14-5-7-21(8-6-14)13(3)23;1-2-3-4-7-11-16-12-10-14-8-5-6-9-15(14)13-16/h10-11,14,20H,4-9H2,1-3H3;5-6,8-9H,2-4,7,10-13H2,1H3. The summed E-state index contributed by atoms with van der Waals surface area (Å²) in [7, 11) is 0. The van der Waals surface area contributed by atoms with Crippen molar-refractivity contribution in [3.63, 3.8) is 0 Å². The van der Waals surface area contributed by atoms with Gasteiger partial charge in [0.25, 0.3) is 0 Å². The third-order valence-electron chi connectivity index (χ3n) is 7.75. The number of amides is 1. The highest BCUT2D eigenvalue weighted by Gasteiger charge is 2.22. The Balaban J connectivity index is 0.000000238. The van der Waals surface area contributed by atoms with Gasteiger partial charge >= 0.3 is 0 Å². The van der Waals surface area contributed by atoms with Crippen LogP contribution in [0.25, 0.3) is 0 Å². The number of unbranched alkanes of at least 4 members (excludes halogenated alkanes) is 3. The van der Waals surface area contributed by atoms with E-state index in [0.717, 1.165) is 19.3 Å². The summed E-state index contributed by atoms with van der Waals surface area (Å²) in [5.41, 5.74) is 3.80. The molecule has 2 aromatic rings. The van der Waals surface area contributed by atoms with E-state index in [4.69, 9.17) is 4.74 Å². The van der Waals surface area contributed by atoms with Crippen LogP contribution in [0.1, 0.15) is 94.1 Å². The zero-order chi connectivity index (χ0) is 28.9. The largest absolute Gasteiger partial charge is 0.493 e. The van der Waals surface area contributed by atoms with Gasteiger partial charge in [-0.15, -0.1) is 0 Å². The summed E-state index contributed by atoms with van der Waals surface area (Å²) in [4.78, 5) is 27.6. The van der Waals surface area contributed by atoms with Gasteiger partial charge in [-0.05, 0) is 62.8 Å². The second-order valence-corrected chi connectivity index (χ2v) is 11.0. The van der Waals surface area contributed by atoms with Crippen molar-refractivity contribution >= 4 is 17.4 Å². The SMILES string of the molecule is CCCCCCN1CCc2ccccc2C1.CCCOc1cc(F)c(NC2CCN(C(C)=O)CC2)cc1C(C)=O. The van der Waals surface area contributed by atoms with E-state index in [1.165, 1.54) is 70.8 Å². The number of fused-ring (bicyclic) bond motifs is 1. The molecule has 0 aliphatic carbocycles. The number of rotatable bonds is 11. The van der Waals surface area contributed by atoms with E-state index >= 15 is 0 Å². The van der Waals surface area contributed by atoms with Crippen LogP contribution in [0.4, 0.5) is 10.1 Å². The molecule has 1 amide bonds. The fourth-order valence-electron chi connectivity index (χ4n) is 5.34. The molecule has 2 aliphatic rings. The Hall–Kier alpha value is -2.93. The minimum atomic E-state index is -0.430. The van der Waals surface area contributed by atoms with Gasteiger partial charge in [-0.25, -0.2) is 4.39 Å². The summed E-state index contributed by atoms with van der Waals surface area (Å²) >= 11 is 0. The molecule has 220 valence electrons. The highest BCUT2D eigenvalue weighted by atomic mass is 19.1. The number of hydrogen-bond acceptors (Lipinski definition) is 5. The minimum absolute atomic E-state index is 0.0657. The number of halogens is 1. The number of anilines is 1. The number of Topliss-reactive ketones (excluding diaryl/α,β-unsaturated/α-hetero) is 1. The first-order chi connectivity index (χ1) is 19.3. The van der Waals surface area contributed by atoms with Crippen LogP contribution >= 0.6 is 0 Å². The molecule has 2 aliphatic heterocycles. The van der Waals surface area contributed by atoms with Crippen molar-refractivity contribution in [1.82, 2.24) is 9.80 Å². The number of nitrogens with one attached hydrogen (secondary N) is 1. The molecule has 1 saturated heterocycles. The van der Waals surface area contributed by atoms with Crippen molar-refractivity contribution in [1.29, 1.82) is 0 Å². The molecule has 2 heterocycles. The number of likely N-dealkylation sites (tertiary alicyclic amines) is 1. The van der Waals surface area contributed by atoms with E-state index in [-0.39, 0.29) is 17.7 Å². The molecule has 40 heavy (non-hydrogen) atoms. The normalized spacial score (nSPS) is 15.6. The zero-order valence-corrected chi connectivity index (χ0v) is 24.9. The van der Waals surface area contributed by atoms with Crippen molar-refractivity contribution in [3.8, 4) is 5.75 Å². The molecule has 4 rings (SSSR count). The zero-order valence-electron chi connectivity index (χ0n) is 24.9. The summed E-state index contributed by atoms with van der Waals surface area (Å²) < 4.78 is 19.8. The van der Waals surface area contributed by atoms with Gasteiger partial charge in [-0.2, -0.15) is 0 Å². The van der Waals surface area contributed by atoms with E-state index in [0.29, 0.717) is 36.7 Å². The first kappa shape index (κ1) is 31.6. The van der Waals surface area contributed by atoms with Crippen LogP contribution in [0, 0.1) is 5.82 Å². The number of piperidine rings is 1. The maximum Gasteiger partial charge on any atom is 0.219 e. The number of nitrogens with zero attached hydrogens (tertiary/aromatic N) is 2. The third-order valence-corrected chi connectivity index (χ3v) is 7.75. The summed E-state index contributed by atoms with van der Waals surface area (Å²) in [6, 6.07) is 11.8. The average molecular weight is 554 g/mol. The lowest BCUT2D eigenvalue weighted by Gasteiger charge is -2.32. The van der Waals surface area contributed by atoms with Crippen molar-refractivity contribution in [2.24, 2.45) is 0 Å². The first-order valence-corrected chi connectivity index (χ1v) is 15.1. The molecular formula is C33H48FN3O3. The monoisotopic (exact) mass is 553 g/mol. The van der Waals surface area contributed by atoms with Gasteiger partial charge in [0.2, 0.25) is 5.91 Å². The van der Waals surface area contributed by atoms with Crippen LogP contribution in [-0.4, -0.2) is 60.3 Å². The van der Waals surface area contributed by atoms with Crippen LogP contribution in [0.15, 0.2) is 36.4 Å². The smallest absolute Gasteiger partial charge is 0.219 e. The van der Waals surface area contributed by atoms with Gasteiger partial charge in [0.15, 0.2) is 5.78 Å². The second kappa shape index (κ2) is 16.4. The predicted octanol–water partition coefficient (Wildman–Crippen LogP) is 6.86. The molecule has 0 aromatic heterocycles. The third kappa shape index (κ3) is 9.61. The fourth-order valence-corrected chi connectivity index (χ4v) is 5.34. The van der Waals surface area contributed by atoms with Gasteiger partial charge in [0.1, 0.15) is 11.6 Å². The molecule has 2 aromatic carbocycles. The Bertz CT molecular complexity index is 1100. The van der Waals surface area contributed by atoms with Gasteiger partial charge < -0.3 is 15.0 Å². The van der Waals surface area contributed by atoms with Crippen LogP contribution < -0.4 is 10.1 Å². The molecule has 0 spiro atoms. The highest BCUT2D eigenvalue weighted by molar-refractivity contribution is 5.97. The molecular weight excluding hydrogens is 505 g/mol. The summed E-state index contributed by atoms with van der Waals surface area (Å²) in [6.45, 7) is 12.7. The molecule has 0 bridgehead atoms. The van der Waals surface area contributed by atoms with Gasteiger partial charge in [-0.3, -0.25) is 14.5 Å². The van der Waals surface area contributed by atoms with Crippen molar-refractivity contribution in [2.45, 2.75) is 91.6 Å². The van der Waals surface area contributed by atoms with Crippen molar-refractivity contribution in [2.75, 3.05) is 38.1 Å². The summed E-state index contributed by atoms with van der Waals surface area (Å²) in [6.07, 6.45) is 9.03. The number of carbonyl (C=O) groups excluding carboxylic acids is 2. The van der Waals surface area contributed by atoms with Gasteiger partial charge in [0, 0.05) is 45.2 Å². The predicted molar refractivity (Wildman–Crippen MR) is 161 cm³/mol. The molecule has 1 N–H and O–H groups in total. The molecule has 0 saturated carbocycles. The topological polar surface area (TPSA) is 61.9 Å². The molecule has 1 fully saturated rings. The maximum absolute atomic E-state index is 14.4. The van der Waals surface area contributed by atoms with Crippen molar-refractivity contribution in [3.05, 3.63) is 58.9 Å². The molecule has 7 heteroatoms. The summed E-state index contributed by atoms with van der Waals surface area (Å²) in [5.74, 6) is -0.231. The summed E-state index contributed by atoms with van der Waals surface area (Å²) in [5, 5.41) is 3.17. The lowest BCUT2D eigenvalue weighted by atomic mass is 10.00. The van der Waals surface area contributed by atoms with Crippen molar-refractivity contribution < 1.29 is 18.7 Å². The lowest BCUT2D eigenvalue weighted by Crippen LogP contribution is -2.41. The van der Waals surface area contributed by atoms with E-state index < -0.39 is 5.82 Å². The Kier molecular flexibility index (Phi) is 12.9. The number of benzene rings is 2. The molecule has 0 radical (unpaired) electrons. The van der Waals surface area contributed by atoms with E-state index in [1.54, 1.807) is 23.0 Å². The van der Waals surface area contributed by atoms with Gasteiger partial charge in [-0.1, -0.05) is 57.4 Å². The number of ether oxygens (including phenoxy) is 1. The molecule has 0 unspecified atom stereocenters. The molecule has 6 nitrogen and oxygen atoms in total. The minimum Gasteiger partial charge on any atom is -0.493 e. The number of carbonyl (C=O) groups is 2.